The van der Waals surface area contributed by atoms with Crippen molar-refractivity contribution in [2.75, 3.05) is 0 Å². The zero-order valence-electron chi connectivity index (χ0n) is 15.9. The number of hydrogen-bond acceptors (Lipinski definition) is 6. The van der Waals surface area contributed by atoms with Gasteiger partial charge in [0.2, 0.25) is 0 Å². The normalized spacial score (nSPS) is 14.8. The Bertz CT molecular complexity index is 1010. The number of hydrogen-bond donors (Lipinski definition) is 1. The third kappa shape index (κ3) is 6.00. The van der Waals surface area contributed by atoms with Gasteiger partial charge in [-0.05, 0) is 50.1 Å². The van der Waals surface area contributed by atoms with Crippen LogP contribution in [-0.2, 0) is 24.1 Å². The van der Waals surface area contributed by atoms with Gasteiger partial charge < -0.3 is 0 Å². The predicted octanol–water partition coefficient (Wildman–Crippen LogP) is 3.53. The average Bonchev–Trinajstić information content (AvgIpc) is 2.66. The van der Waals surface area contributed by atoms with Crippen LogP contribution in [0.25, 0.3) is 0 Å². The van der Waals surface area contributed by atoms with Crippen LogP contribution in [0.3, 0.4) is 0 Å². The summed E-state index contributed by atoms with van der Waals surface area (Å²) in [6, 6.07) is 14.0. The lowest BCUT2D eigenvalue weighted by Gasteiger charge is -2.25. The van der Waals surface area contributed by atoms with Crippen LogP contribution >= 0.6 is 0 Å². The molecule has 2 aromatic rings. The highest BCUT2D eigenvalue weighted by Crippen LogP contribution is 2.24. The Hall–Kier alpha value is -2.00. The summed E-state index contributed by atoms with van der Waals surface area (Å²) in [7, 11) is -7.95. The van der Waals surface area contributed by atoms with Gasteiger partial charge in [0, 0.05) is 5.41 Å². The van der Waals surface area contributed by atoms with E-state index in [1.165, 1.54) is 24.3 Å². The Morgan fingerprint density at radius 3 is 2.14 bits per heavy atom. The third-order valence-electron chi connectivity index (χ3n) is 4.10. The summed E-state index contributed by atoms with van der Waals surface area (Å²) in [5.74, 6) is 0. The lowest BCUT2D eigenvalue weighted by Crippen LogP contribution is -2.42. The van der Waals surface area contributed by atoms with Crippen LogP contribution in [0.5, 0.6) is 0 Å². The number of aryl methyl sites for hydroxylation is 1. The molecule has 0 saturated carbocycles. The largest absolute Gasteiger partial charge is 0.299 e. The van der Waals surface area contributed by atoms with Crippen LogP contribution in [0, 0.1) is 6.92 Å². The molecule has 0 saturated heterocycles. The van der Waals surface area contributed by atoms with Crippen molar-refractivity contribution in [2.24, 2.45) is 5.73 Å². The first-order valence-corrected chi connectivity index (χ1v) is 11.8. The van der Waals surface area contributed by atoms with Crippen molar-refractivity contribution < 1.29 is 21.0 Å². The molecule has 2 N–H and O–H groups in total. The van der Waals surface area contributed by atoms with Gasteiger partial charge in [0.15, 0.2) is 15.6 Å². The highest BCUT2D eigenvalue weighted by molar-refractivity contribution is 7.94. The van der Waals surface area contributed by atoms with E-state index in [1.54, 1.807) is 30.3 Å². The molecule has 0 aliphatic carbocycles. The smallest absolute Gasteiger partial charge is 0.299 e. The van der Waals surface area contributed by atoms with Crippen LogP contribution in [0.1, 0.15) is 31.7 Å². The summed E-state index contributed by atoms with van der Waals surface area (Å²) in [6.07, 6.45) is 2.56. The second-order valence-electron chi connectivity index (χ2n) is 6.57. The molecule has 1 unspecified atom stereocenters. The Morgan fingerprint density at radius 2 is 1.57 bits per heavy atom. The molecular formula is C20H25NO5S2. The summed E-state index contributed by atoms with van der Waals surface area (Å²) in [5, 5.41) is 0.905. The van der Waals surface area contributed by atoms with Gasteiger partial charge in [0.1, 0.15) is 0 Å². The quantitative estimate of drug-likeness (QED) is 0.489. The van der Waals surface area contributed by atoms with Crippen molar-refractivity contribution in [3.63, 3.8) is 0 Å². The van der Waals surface area contributed by atoms with Crippen molar-refractivity contribution in [3.05, 3.63) is 71.6 Å². The van der Waals surface area contributed by atoms with E-state index in [4.69, 9.17) is 9.92 Å². The number of rotatable bonds is 9. The summed E-state index contributed by atoms with van der Waals surface area (Å²) < 4.78 is 55.5. The summed E-state index contributed by atoms with van der Waals surface area (Å²) in [4.78, 5) is 0.0502. The predicted molar refractivity (Wildman–Crippen MR) is 109 cm³/mol. The minimum absolute atomic E-state index is 0.0382. The molecule has 0 heterocycles. The molecule has 0 radical (unpaired) electrons. The summed E-state index contributed by atoms with van der Waals surface area (Å²) >= 11 is 0. The molecule has 1 atom stereocenters. The van der Waals surface area contributed by atoms with Gasteiger partial charge in [-0.1, -0.05) is 49.2 Å². The first kappa shape index (κ1) is 22.3. The molecule has 152 valence electrons. The highest BCUT2D eigenvalue weighted by atomic mass is 32.2. The van der Waals surface area contributed by atoms with Crippen LogP contribution in [0.15, 0.2) is 75.9 Å². The average molecular weight is 424 g/mol. The van der Waals surface area contributed by atoms with E-state index < -0.39 is 25.7 Å². The lowest BCUT2D eigenvalue weighted by molar-refractivity contribution is 0.123. The van der Waals surface area contributed by atoms with Crippen LogP contribution in [0.4, 0.5) is 0 Å². The molecule has 0 amide bonds. The van der Waals surface area contributed by atoms with E-state index in [9.17, 15) is 16.8 Å². The molecule has 0 aliphatic heterocycles. The summed E-state index contributed by atoms with van der Waals surface area (Å²) in [6.45, 7) is 3.75. The number of benzene rings is 2. The SMILES string of the molecule is CCCCC(N)(C=CS(=O)(=O)c1ccccc1)OS(=O)(=O)c1ccc(C)cc1. The number of unbranched alkanes of at least 4 members (excludes halogenated alkanes) is 1. The Balaban J connectivity index is 2.34. The van der Waals surface area contributed by atoms with Gasteiger partial charge in [0.05, 0.1) is 9.79 Å². The van der Waals surface area contributed by atoms with Gasteiger partial charge in [0.25, 0.3) is 10.1 Å². The van der Waals surface area contributed by atoms with E-state index in [-0.39, 0.29) is 16.2 Å². The van der Waals surface area contributed by atoms with Crippen molar-refractivity contribution >= 4 is 20.0 Å². The molecule has 0 spiro atoms. The monoisotopic (exact) mass is 423 g/mol. The fourth-order valence-corrected chi connectivity index (χ4v) is 4.67. The molecule has 2 aromatic carbocycles. The van der Waals surface area contributed by atoms with E-state index in [0.29, 0.717) is 6.42 Å². The van der Waals surface area contributed by atoms with Crippen molar-refractivity contribution in [1.82, 2.24) is 0 Å². The van der Waals surface area contributed by atoms with E-state index in [2.05, 4.69) is 0 Å². The first-order chi connectivity index (χ1) is 13.1. The second kappa shape index (κ2) is 9.00. The molecule has 28 heavy (non-hydrogen) atoms. The maximum atomic E-state index is 12.6. The lowest BCUT2D eigenvalue weighted by atomic mass is 10.1. The fraction of sp³-hybridized carbons (Fsp3) is 0.300. The minimum atomic E-state index is -4.17. The Kier molecular flexibility index (Phi) is 7.16. The molecule has 0 aliphatic rings. The standard InChI is InChI=1S/C20H25NO5S2/c1-3-4-14-20(21,15-16-27(22,23)18-8-6-5-7-9-18)26-28(24,25)19-12-10-17(2)11-13-19/h5-13,15-16H,3-4,14,21H2,1-2H3. The van der Waals surface area contributed by atoms with E-state index >= 15 is 0 Å². The zero-order valence-corrected chi connectivity index (χ0v) is 17.5. The molecular weight excluding hydrogens is 398 g/mol. The van der Waals surface area contributed by atoms with Crippen LogP contribution < -0.4 is 5.73 Å². The third-order valence-corrected chi connectivity index (χ3v) is 6.90. The highest BCUT2D eigenvalue weighted by Gasteiger charge is 2.31. The molecule has 2 rings (SSSR count). The van der Waals surface area contributed by atoms with Crippen molar-refractivity contribution in [3.8, 4) is 0 Å². The molecule has 8 heteroatoms. The summed E-state index contributed by atoms with van der Waals surface area (Å²) in [5.41, 5.74) is 5.29. The number of sulfone groups is 1. The zero-order chi connectivity index (χ0) is 20.8. The fourth-order valence-electron chi connectivity index (χ4n) is 2.46. The van der Waals surface area contributed by atoms with Gasteiger partial charge >= 0.3 is 0 Å². The van der Waals surface area contributed by atoms with E-state index in [0.717, 1.165) is 23.5 Å². The van der Waals surface area contributed by atoms with Gasteiger partial charge in [-0.3, -0.25) is 5.73 Å². The first-order valence-electron chi connectivity index (χ1n) is 8.88. The molecule has 0 fully saturated rings. The molecule has 6 nitrogen and oxygen atoms in total. The molecule has 0 aromatic heterocycles. The molecule has 0 bridgehead atoms. The van der Waals surface area contributed by atoms with Crippen molar-refractivity contribution in [1.29, 1.82) is 0 Å². The van der Waals surface area contributed by atoms with Gasteiger partial charge in [-0.25, -0.2) is 12.6 Å². The number of nitrogens with two attached hydrogens (primary N) is 1. The van der Waals surface area contributed by atoms with Gasteiger partial charge in [-0.2, -0.15) is 8.42 Å². The van der Waals surface area contributed by atoms with Crippen molar-refractivity contribution in [2.45, 2.75) is 48.6 Å². The minimum Gasteiger partial charge on any atom is -0.299 e. The van der Waals surface area contributed by atoms with Gasteiger partial charge in [-0.15, -0.1) is 0 Å². The maximum absolute atomic E-state index is 12.6. The Morgan fingerprint density at radius 1 is 0.964 bits per heavy atom. The van der Waals surface area contributed by atoms with E-state index in [1.807, 2.05) is 13.8 Å². The topological polar surface area (TPSA) is 104 Å². The maximum Gasteiger partial charge on any atom is 0.299 e. The second-order valence-corrected chi connectivity index (χ2v) is 9.95. The Labute approximate surface area is 167 Å². The van der Waals surface area contributed by atoms with Crippen LogP contribution in [0.2, 0.25) is 0 Å². The van der Waals surface area contributed by atoms with Crippen LogP contribution in [-0.4, -0.2) is 22.6 Å².